The largest absolute Gasteiger partial charge is 0.384 e. The number of halogens is 1. The predicted molar refractivity (Wildman–Crippen MR) is 73.6 cm³/mol. The van der Waals surface area contributed by atoms with Crippen LogP contribution in [0, 0.1) is 0 Å². The third-order valence-corrected chi connectivity index (χ3v) is 5.16. The van der Waals surface area contributed by atoms with Crippen molar-refractivity contribution in [1.82, 2.24) is 0 Å². The highest BCUT2D eigenvalue weighted by Crippen LogP contribution is 2.15. The summed E-state index contributed by atoms with van der Waals surface area (Å²) in [7, 11) is -2.04. The van der Waals surface area contributed by atoms with E-state index in [1.54, 1.807) is 24.3 Å². The molecule has 6 heteroatoms. The van der Waals surface area contributed by atoms with Gasteiger partial charge in [-0.05, 0) is 19.1 Å². The van der Waals surface area contributed by atoms with Crippen molar-refractivity contribution in [3.05, 3.63) is 34.3 Å². The molecule has 0 N–H and O–H groups in total. The Morgan fingerprint density at radius 2 is 1.89 bits per heavy atom. The molecule has 0 bridgehead atoms. The summed E-state index contributed by atoms with van der Waals surface area (Å²) in [6.07, 6.45) is 0. The molecule has 0 aromatic heterocycles. The lowest BCUT2D eigenvalue weighted by molar-refractivity contribution is 0.0991. The summed E-state index contributed by atoms with van der Waals surface area (Å²) in [5.74, 6) is -0.536. The van der Waals surface area contributed by atoms with Crippen LogP contribution in [-0.4, -0.2) is 38.9 Å². The molecule has 0 saturated heterocycles. The van der Waals surface area contributed by atoms with Gasteiger partial charge in [-0.3, -0.25) is 4.79 Å². The molecule has 0 heterocycles. The SMILES string of the molecule is COCCS(=O)(=O)C(C)C(=O)c1ccc(Br)cc1. The number of ether oxygens (including phenoxy) is 1. The van der Waals surface area contributed by atoms with Crippen molar-refractivity contribution in [2.45, 2.75) is 12.2 Å². The first-order chi connectivity index (χ1) is 8.38. The van der Waals surface area contributed by atoms with Gasteiger partial charge in [0.1, 0.15) is 5.25 Å². The Balaban J connectivity index is 2.87. The number of Topliss-reactive ketones (excluding diaryl/α,β-unsaturated/α-hetero) is 1. The van der Waals surface area contributed by atoms with Crippen LogP contribution in [0.1, 0.15) is 17.3 Å². The minimum atomic E-state index is -3.47. The minimum absolute atomic E-state index is 0.0975. The molecule has 0 aliphatic rings. The van der Waals surface area contributed by atoms with Crippen molar-refractivity contribution in [3.8, 4) is 0 Å². The number of hydrogen-bond acceptors (Lipinski definition) is 4. The molecule has 18 heavy (non-hydrogen) atoms. The minimum Gasteiger partial charge on any atom is -0.384 e. The third kappa shape index (κ3) is 3.90. The van der Waals surface area contributed by atoms with Crippen LogP contribution in [0.15, 0.2) is 28.7 Å². The molecule has 0 aliphatic carbocycles. The lowest BCUT2D eigenvalue weighted by Crippen LogP contribution is -2.30. The zero-order chi connectivity index (χ0) is 13.8. The first-order valence-electron chi connectivity index (χ1n) is 5.39. The molecule has 100 valence electrons. The molecule has 0 amide bonds. The van der Waals surface area contributed by atoms with Gasteiger partial charge < -0.3 is 4.74 Å². The summed E-state index contributed by atoms with van der Waals surface area (Å²) in [4.78, 5) is 12.0. The molecule has 0 spiro atoms. The predicted octanol–water partition coefficient (Wildman–Crippen LogP) is 2.08. The molecule has 0 aliphatic heterocycles. The van der Waals surface area contributed by atoms with Crippen LogP contribution in [0.4, 0.5) is 0 Å². The van der Waals surface area contributed by atoms with Crippen molar-refractivity contribution in [2.24, 2.45) is 0 Å². The van der Waals surface area contributed by atoms with Crippen LogP contribution in [0.2, 0.25) is 0 Å². The fraction of sp³-hybridized carbons (Fsp3) is 0.417. The molecule has 0 radical (unpaired) electrons. The smallest absolute Gasteiger partial charge is 0.180 e. The average Bonchev–Trinajstić information content (AvgIpc) is 2.35. The van der Waals surface area contributed by atoms with Crippen LogP contribution < -0.4 is 0 Å². The van der Waals surface area contributed by atoms with Crippen molar-refractivity contribution >= 4 is 31.6 Å². The van der Waals surface area contributed by atoms with E-state index in [2.05, 4.69) is 15.9 Å². The van der Waals surface area contributed by atoms with E-state index in [-0.39, 0.29) is 12.4 Å². The van der Waals surface area contributed by atoms with Gasteiger partial charge in [0, 0.05) is 17.1 Å². The fourth-order valence-electron chi connectivity index (χ4n) is 1.39. The lowest BCUT2D eigenvalue weighted by Gasteiger charge is -2.11. The summed E-state index contributed by atoms with van der Waals surface area (Å²) >= 11 is 3.26. The van der Waals surface area contributed by atoms with E-state index in [1.807, 2.05) is 0 Å². The summed E-state index contributed by atoms with van der Waals surface area (Å²) in [6, 6.07) is 6.63. The zero-order valence-corrected chi connectivity index (χ0v) is 12.6. The van der Waals surface area contributed by atoms with Gasteiger partial charge in [-0.25, -0.2) is 8.42 Å². The topological polar surface area (TPSA) is 60.4 Å². The molecule has 1 aromatic carbocycles. The highest BCUT2D eigenvalue weighted by atomic mass is 79.9. The number of hydrogen-bond donors (Lipinski definition) is 0. The number of methoxy groups -OCH3 is 1. The van der Waals surface area contributed by atoms with Crippen molar-refractivity contribution in [1.29, 1.82) is 0 Å². The molecular formula is C12H15BrO4S. The molecular weight excluding hydrogens is 320 g/mol. The maximum Gasteiger partial charge on any atom is 0.180 e. The summed E-state index contributed by atoms with van der Waals surface area (Å²) in [5.41, 5.74) is 0.395. The van der Waals surface area contributed by atoms with Crippen molar-refractivity contribution in [3.63, 3.8) is 0 Å². The number of carbonyl (C=O) groups is 1. The molecule has 0 saturated carbocycles. The van der Waals surface area contributed by atoms with Gasteiger partial charge in [0.25, 0.3) is 0 Å². The highest BCUT2D eigenvalue weighted by molar-refractivity contribution is 9.10. The van der Waals surface area contributed by atoms with Gasteiger partial charge in [0.15, 0.2) is 15.6 Å². The summed E-state index contributed by atoms with van der Waals surface area (Å²) < 4.78 is 29.3. The Labute approximate surface area is 115 Å². The van der Waals surface area contributed by atoms with Crippen LogP contribution in [0.5, 0.6) is 0 Å². The number of ketones is 1. The van der Waals surface area contributed by atoms with Crippen molar-refractivity contribution in [2.75, 3.05) is 19.5 Å². The van der Waals surface area contributed by atoms with Crippen molar-refractivity contribution < 1.29 is 17.9 Å². The normalized spacial score (nSPS) is 13.3. The molecule has 1 rings (SSSR count). The Hall–Kier alpha value is -0.720. The second-order valence-electron chi connectivity index (χ2n) is 3.87. The van der Waals surface area contributed by atoms with E-state index in [4.69, 9.17) is 4.74 Å². The average molecular weight is 335 g/mol. The number of sulfone groups is 1. The number of carbonyl (C=O) groups excluding carboxylic acids is 1. The molecule has 1 atom stereocenters. The van der Waals surface area contributed by atoms with Crippen LogP contribution in [0.3, 0.4) is 0 Å². The van der Waals surface area contributed by atoms with Gasteiger partial charge in [-0.2, -0.15) is 0 Å². The first-order valence-corrected chi connectivity index (χ1v) is 7.89. The summed E-state index contributed by atoms with van der Waals surface area (Å²) in [5, 5.41) is -1.05. The second kappa shape index (κ2) is 6.45. The quantitative estimate of drug-likeness (QED) is 0.747. The molecule has 0 fully saturated rings. The Morgan fingerprint density at radius 3 is 2.39 bits per heavy atom. The van der Waals surface area contributed by atoms with E-state index >= 15 is 0 Å². The van der Waals surface area contributed by atoms with Gasteiger partial charge in [0.05, 0.1) is 12.4 Å². The number of rotatable bonds is 6. The van der Waals surface area contributed by atoms with Gasteiger partial charge >= 0.3 is 0 Å². The number of benzene rings is 1. The fourth-order valence-corrected chi connectivity index (χ4v) is 2.87. The molecule has 4 nitrogen and oxygen atoms in total. The molecule has 1 aromatic rings. The monoisotopic (exact) mass is 334 g/mol. The highest BCUT2D eigenvalue weighted by Gasteiger charge is 2.28. The van der Waals surface area contributed by atoms with E-state index < -0.39 is 20.9 Å². The van der Waals surface area contributed by atoms with Gasteiger partial charge in [0.2, 0.25) is 0 Å². The second-order valence-corrected chi connectivity index (χ2v) is 7.23. The first kappa shape index (κ1) is 15.3. The van der Waals surface area contributed by atoms with E-state index in [9.17, 15) is 13.2 Å². The van der Waals surface area contributed by atoms with Gasteiger partial charge in [-0.15, -0.1) is 0 Å². The maximum absolute atomic E-state index is 12.0. The zero-order valence-electron chi connectivity index (χ0n) is 10.2. The Morgan fingerprint density at radius 1 is 1.33 bits per heavy atom. The Kier molecular flexibility index (Phi) is 5.49. The standard InChI is InChI=1S/C12H15BrO4S/c1-9(18(15,16)8-7-17-2)12(14)10-3-5-11(13)6-4-10/h3-6,9H,7-8H2,1-2H3. The van der Waals surface area contributed by atoms with Crippen LogP contribution in [0.25, 0.3) is 0 Å². The third-order valence-electron chi connectivity index (χ3n) is 2.61. The maximum atomic E-state index is 12.0. The Bertz CT molecular complexity index is 507. The van der Waals surface area contributed by atoms with Gasteiger partial charge in [-0.1, -0.05) is 28.1 Å². The summed E-state index contributed by atoms with van der Waals surface area (Å²) in [6.45, 7) is 1.51. The lowest BCUT2D eigenvalue weighted by atomic mass is 10.1. The van der Waals surface area contributed by atoms with Crippen LogP contribution >= 0.6 is 15.9 Å². The van der Waals surface area contributed by atoms with E-state index in [0.717, 1.165) is 4.47 Å². The van der Waals surface area contributed by atoms with E-state index in [0.29, 0.717) is 5.56 Å². The molecule has 1 unspecified atom stereocenters. The van der Waals surface area contributed by atoms with E-state index in [1.165, 1.54) is 14.0 Å². The van der Waals surface area contributed by atoms with Crippen LogP contribution in [-0.2, 0) is 14.6 Å².